The van der Waals surface area contributed by atoms with Crippen molar-refractivity contribution in [3.05, 3.63) is 12.2 Å². The third-order valence-electron chi connectivity index (χ3n) is 4.05. The third-order valence-corrected chi connectivity index (χ3v) is 4.05. The number of allylic oxidation sites excluding steroid dienone is 1. The van der Waals surface area contributed by atoms with Crippen LogP contribution < -0.4 is 5.32 Å². The molecule has 0 amide bonds. The molecule has 2 fully saturated rings. The third kappa shape index (κ3) is 2.73. The summed E-state index contributed by atoms with van der Waals surface area (Å²) in [5.74, 6) is 1.17. The Kier molecular flexibility index (Phi) is 3.80. The van der Waals surface area contributed by atoms with Gasteiger partial charge in [0.25, 0.3) is 0 Å². The zero-order valence-electron chi connectivity index (χ0n) is 10.3. The SMILES string of the molecule is C=C(C)CCC(=O)C1CC2CCCCC2N1. The van der Waals surface area contributed by atoms with Crippen molar-refractivity contribution >= 4 is 5.78 Å². The Labute approximate surface area is 98.5 Å². The monoisotopic (exact) mass is 221 g/mol. The van der Waals surface area contributed by atoms with E-state index in [-0.39, 0.29) is 6.04 Å². The van der Waals surface area contributed by atoms with E-state index >= 15 is 0 Å². The van der Waals surface area contributed by atoms with Crippen molar-refractivity contribution in [2.45, 2.75) is 64.0 Å². The average molecular weight is 221 g/mol. The van der Waals surface area contributed by atoms with Crippen molar-refractivity contribution in [1.29, 1.82) is 0 Å². The fourth-order valence-electron chi connectivity index (χ4n) is 3.07. The quantitative estimate of drug-likeness (QED) is 0.740. The van der Waals surface area contributed by atoms with Crippen LogP contribution in [-0.2, 0) is 4.79 Å². The Bertz CT molecular complexity index is 270. The summed E-state index contributed by atoms with van der Waals surface area (Å²) in [6, 6.07) is 0.778. The lowest BCUT2D eigenvalue weighted by atomic mass is 9.84. The normalized spacial score (nSPS) is 33.4. The van der Waals surface area contributed by atoms with Crippen molar-refractivity contribution in [2.75, 3.05) is 0 Å². The summed E-state index contributed by atoms with van der Waals surface area (Å²) >= 11 is 0. The highest BCUT2D eigenvalue weighted by Gasteiger charge is 2.37. The summed E-state index contributed by atoms with van der Waals surface area (Å²) in [6.07, 6.45) is 7.89. The van der Waals surface area contributed by atoms with Gasteiger partial charge in [0.1, 0.15) is 5.78 Å². The van der Waals surface area contributed by atoms with Gasteiger partial charge in [-0.15, -0.1) is 6.58 Å². The summed E-state index contributed by atoms with van der Waals surface area (Å²) in [5.41, 5.74) is 1.11. The van der Waals surface area contributed by atoms with Crippen molar-refractivity contribution in [3.63, 3.8) is 0 Å². The second-order valence-corrected chi connectivity index (χ2v) is 5.53. The Morgan fingerprint density at radius 3 is 2.75 bits per heavy atom. The molecule has 0 bridgehead atoms. The molecular formula is C14H23NO. The van der Waals surface area contributed by atoms with Gasteiger partial charge in [0.05, 0.1) is 6.04 Å². The van der Waals surface area contributed by atoms with Crippen LogP contribution in [0.2, 0.25) is 0 Å². The maximum atomic E-state index is 12.0. The smallest absolute Gasteiger partial charge is 0.150 e. The highest BCUT2D eigenvalue weighted by atomic mass is 16.1. The molecule has 1 heterocycles. The Balaban J connectivity index is 1.82. The van der Waals surface area contributed by atoms with Gasteiger partial charge in [-0.3, -0.25) is 4.79 Å². The van der Waals surface area contributed by atoms with Crippen molar-refractivity contribution in [2.24, 2.45) is 5.92 Å². The lowest BCUT2D eigenvalue weighted by Crippen LogP contribution is -2.37. The topological polar surface area (TPSA) is 29.1 Å². The minimum absolute atomic E-state index is 0.146. The summed E-state index contributed by atoms with van der Waals surface area (Å²) < 4.78 is 0. The Morgan fingerprint density at radius 2 is 2.06 bits per heavy atom. The summed E-state index contributed by atoms with van der Waals surface area (Å²) in [5, 5.41) is 3.54. The molecule has 1 aliphatic heterocycles. The molecule has 1 saturated carbocycles. The first-order chi connectivity index (χ1) is 7.66. The van der Waals surface area contributed by atoms with Gasteiger partial charge in [-0.25, -0.2) is 0 Å². The lowest BCUT2D eigenvalue weighted by molar-refractivity contribution is -0.120. The summed E-state index contributed by atoms with van der Waals surface area (Å²) in [6.45, 7) is 5.85. The lowest BCUT2D eigenvalue weighted by Gasteiger charge is -2.24. The number of ketones is 1. The highest BCUT2D eigenvalue weighted by molar-refractivity contribution is 5.84. The maximum absolute atomic E-state index is 12.0. The van der Waals surface area contributed by atoms with E-state index < -0.39 is 0 Å². The first-order valence-electron chi connectivity index (χ1n) is 6.60. The van der Waals surface area contributed by atoms with Crippen LogP contribution in [0, 0.1) is 5.92 Å². The molecule has 1 aliphatic carbocycles. The van der Waals surface area contributed by atoms with Gasteiger partial charge < -0.3 is 5.32 Å². The number of hydrogen-bond acceptors (Lipinski definition) is 2. The zero-order chi connectivity index (χ0) is 11.5. The predicted molar refractivity (Wildman–Crippen MR) is 66.3 cm³/mol. The molecule has 1 N–H and O–H groups in total. The molecule has 1 saturated heterocycles. The highest BCUT2D eigenvalue weighted by Crippen LogP contribution is 2.33. The average Bonchev–Trinajstić information content (AvgIpc) is 2.69. The molecule has 0 aromatic carbocycles. The van der Waals surface area contributed by atoms with Gasteiger partial charge in [-0.1, -0.05) is 18.4 Å². The van der Waals surface area contributed by atoms with Gasteiger partial charge in [-0.05, 0) is 38.5 Å². The van der Waals surface area contributed by atoms with Crippen LogP contribution in [0.15, 0.2) is 12.2 Å². The van der Waals surface area contributed by atoms with Crippen molar-refractivity contribution in [3.8, 4) is 0 Å². The Hall–Kier alpha value is -0.630. The fourth-order valence-corrected chi connectivity index (χ4v) is 3.07. The molecule has 0 aromatic heterocycles. The van der Waals surface area contributed by atoms with Crippen LogP contribution in [0.25, 0.3) is 0 Å². The van der Waals surface area contributed by atoms with Crippen molar-refractivity contribution < 1.29 is 4.79 Å². The van der Waals surface area contributed by atoms with Crippen LogP contribution in [0.1, 0.15) is 51.9 Å². The van der Waals surface area contributed by atoms with Crippen LogP contribution in [0.3, 0.4) is 0 Å². The van der Waals surface area contributed by atoms with E-state index in [0.717, 1.165) is 24.3 Å². The van der Waals surface area contributed by atoms with E-state index in [1.807, 2.05) is 6.92 Å². The summed E-state index contributed by atoms with van der Waals surface area (Å²) in [4.78, 5) is 12.0. The van der Waals surface area contributed by atoms with Gasteiger partial charge >= 0.3 is 0 Å². The van der Waals surface area contributed by atoms with Gasteiger partial charge in [-0.2, -0.15) is 0 Å². The van der Waals surface area contributed by atoms with Gasteiger partial charge in [0.15, 0.2) is 0 Å². The first-order valence-corrected chi connectivity index (χ1v) is 6.60. The second-order valence-electron chi connectivity index (χ2n) is 5.53. The van der Waals surface area contributed by atoms with Crippen molar-refractivity contribution in [1.82, 2.24) is 5.32 Å². The molecule has 2 rings (SSSR count). The molecule has 0 spiro atoms. The number of Topliss-reactive ketones (excluding diaryl/α,β-unsaturated/α-hetero) is 1. The molecule has 0 radical (unpaired) electrons. The first kappa shape index (κ1) is 11.8. The number of fused-ring (bicyclic) bond motifs is 1. The van der Waals surface area contributed by atoms with E-state index in [2.05, 4.69) is 11.9 Å². The molecule has 2 heteroatoms. The fraction of sp³-hybridized carbons (Fsp3) is 0.786. The number of rotatable bonds is 4. The predicted octanol–water partition coefficient (Wildman–Crippen LogP) is 2.83. The molecule has 16 heavy (non-hydrogen) atoms. The minimum atomic E-state index is 0.146. The van der Waals surface area contributed by atoms with Gasteiger partial charge in [0, 0.05) is 12.5 Å². The van der Waals surface area contributed by atoms with E-state index in [0.29, 0.717) is 18.2 Å². The number of nitrogens with one attached hydrogen (secondary N) is 1. The van der Waals surface area contributed by atoms with Crippen LogP contribution in [0.4, 0.5) is 0 Å². The molecule has 2 nitrogen and oxygen atoms in total. The second kappa shape index (κ2) is 5.13. The van der Waals surface area contributed by atoms with Gasteiger partial charge in [0.2, 0.25) is 0 Å². The maximum Gasteiger partial charge on any atom is 0.150 e. The molecule has 3 unspecified atom stereocenters. The molecule has 0 aromatic rings. The molecule has 2 aliphatic rings. The zero-order valence-corrected chi connectivity index (χ0v) is 10.3. The Morgan fingerprint density at radius 1 is 1.31 bits per heavy atom. The van der Waals surface area contributed by atoms with E-state index in [1.54, 1.807) is 0 Å². The standard InChI is InChI=1S/C14H23NO/c1-10(2)7-8-14(16)13-9-11-5-3-4-6-12(11)15-13/h11-13,15H,1,3-9H2,2H3. The van der Waals surface area contributed by atoms with E-state index in [9.17, 15) is 4.79 Å². The van der Waals surface area contributed by atoms with E-state index in [4.69, 9.17) is 0 Å². The number of carbonyl (C=O) groups is 1. The van der Waals surface area contributed by atoms with Crippen LogP contribution in [-0.4, -0.2) is 17.9 Å². The molecule has 3 atom stereocenters. The number of carbonyl (C=O) groups excluding carboxylic acids is 1. The number of hydrogen-bond donors (Lipinski definition) is 1. The van der Waals surface area contributed by atoms with E-state index in [1.165, 1.54) is 25.7 Å². The largest absolute Gasteiger partial charge is 0.304 e. The summed E-state index contributed by atoms with van der Waals surface area (Å²) in [7, 11) is 0. The molecule has 90 valence electrons. The van der Waals surface area contributed by atoms with Crippen LogP contribution >= 0.6 is 0 Å². The van der Waals surface area contributed by atoms with Crippen LogP contribution in [0.5, 0.6) is 0 Å². The minimum Gasteiger partial charge on any atom is -0.304 e. The molecular weight excluding hydrogens is 198 g/mol.